The normalized spacial score (nSPS) is 14.5. The maximum absolute atomic E-state index is 12.4. The highest BCUT2D eigenvalue weighted by Gasteiger charge is 2.49. The van der Waals surface area contributed by atoms with Gasteiger partial charge in [-0.1, -0.05) is 123 Å². The van der Waals surface area contributed by atoms with Gasteiger partial charge in [-0.3, -0.25) is 19.2 Å². The lowest BCUT2D eigenvalue weighted by Crippen LogP contribution is -2.41. The first kappa shape index (κ1) is 104. The van der Waals surface area contributed by atoms with Gasteiger partial charge in [0.2, 0.25) is 5.91 Å². The Morgan fingerprint density at radius 3 is 1.29 bits per heavy atom. The van der Waals surface area contributed by atoms with Crippen molar-refractivity contribution in [3.63, 3.8) is 0 Å². The van der Waals surface area contributed by atoms with Crippen LogP contribution in [0.1, 0.15) is 290 Å². The van der Waals surface area contributed by atoms with Crippen molar-refractivity contribution in [2.45, 2.75) is 263 Å². The smallest absolute Gasteiger partial charge is 0.508 e. The van der Waals surface area contributed by atoms with Crippen LogP contribution in [0.15, 0.2) is 84.9 Å². The number of phenols is 2. The molecule has 3 aliphatic rings. The largest absolute Gasteiger partial charge is 0.534 e. The number of amides is 4. The van der Waals surface area contributed by atoms with E-state index >= 15 is 0 Å². The highest BCUT2D eigenvalue weighted by molar-refractivity contribution is 7.88. The molecule has 0 radical (unpaired) electrons. The quantitative estimate of drug-likeness (QED) is 0.0303. The lowest BCUT2D eigenvalue weighted by atomic mass is 9.83. The molecule has 6 aromatic rings. The van der Waals surface area contributed by atoms with Crippen molar-refractivity contribution in [1.29, 1.82) is 0 Å². The van der Waals surface area contributed by atoms with Gasteiger partial charge < -0.3 is 53.7 Å². The molecule has 0 aliphatic carbocycles. The summed E-state index contributed by atoms with van der Waals surface area (Å²) in [5, 5.41) is 34.3. The monoisotopic (exact) mass is 1790 g/mol. The number of benzene rings is 6. The zero-order valence-corrected chi connectivity index (χ0v) is 77.7. The van der Waals surface area contributed by atoms with E-state index in [1.165, 1.54) is 43.2 Å². The summed E-state index contributed by atoms with van der Waals surface area (Å²) in [6.45, 7) is 44.6. The Morgan fingerprint density at radius 1 is 0.492 bits per heavy atom. The molecule has 0 aromatic heterocycles. The fourth-order valence-corrected chi connectivity index (χ4v) is 14.2. The summed E-state index contributed by atoms with van der Waals surface area (Å²) in [4.78, 5) is 89.0. The Morgan fingerprint density at radius 2 is 0.883 bits per heavy atom. The number of nitrogens with zero attached hydrogens (tertiary/aromatic N) is 3. The number of carbonyl (C=O) groups is 7. The molecule has 2 unspecified atom stereocenters. The van der Waals surface area contributed by atoms with Crippen LogP contribution in [-0.4, -0.2) is 142 Å². The van der Waals surface area contributed by atoms with Crippen molar-refractivity contribution in [3.05, 3.63) is 194 Å². The van der Waals surface area contributed by atoms with Gasteiger partial charge in [0.25, 0.3) is 0 Å². The minimum atomic E-state index is -5.86. The van der Waals surface area contributed by atoms with Crippen LogP contribution in [0, 0.1) is 48.5 Å². The predicted octanol–water partition coefficient (Wildman–Crippen LogP) is 24.2. The predicted molar refractivity (Wildman–Crippen MR) is 472 cm³/mol. The molecule has 120 heavy (non-hydrogen) atoms. The number of ketones is 3. The van der Waals surface area contributed by atoms with E-state index in [1.54, 1.807) is 53.7 Å². The third-order valence-corrected chi connectivity index (χ3v) is 22.7. The number of ether oxygens (including phenoxy) is 3. The molecule has 6 aromatic carbocycles. The van der Waals surface area contributed by atoms with Gasteiger partial charge in [0, 0.05) is 102 Å². The van der Waals surface area contributed by atoms with Gasteiger partial charge in [-0.15, -0.1) is 0 Å². The number of aromatic hydroxyl groups is 2. The first-order valence-electron chi connectivity index (χ1n) is 40.1. The maximum Gasteiger partial charge on any atom is 0.534 e. The maximum atomic E-state index is 12.4. The van der Waals surface area contributed by atoms with E-state index in [9.17, 15) is 65.4 Å². The minimum absolute atomic E-state index is 0.00923. The molecule has 29 heteroatoms. The third-order valence-electron chi connectivity index (χ3n) is 19.7. The summed E-state index contributed by atoms with van der Waals surface area (Å²) in [6.07, 6.45) is 7.24. The van der Waals surface area contributed by atoms with E-state index < -0.39 is 50.1 Å². The summed E-state index contributed by atoms with van der Waals surface area (Å²) >= 11 is 29.9. The first-order chi connectivity index (χ1) is 55.5. The van der Waals surface area contributed by atoms with Crippen molar-refractivity contribution in [2.75, 3.05) is 39.3 Å². The number of halogens is 8. The number of aliphatic hydroxyl groups excluding tert-OH is 1. The van der Waals surface area contributed by atoms with Crippen LogP contribution >= 0.6 is 58.0 Å². The number of aryl methyl sites for hydroxylation is 7. The topological polar surface area (TPSA) is 273 Å². The zero-order chi connectivity index (χ0) is 91.2. The minimum Gasteiger partial charge on any atom is -0.508 e. The number of rotatable bonds is 16. The van der Waals surface area contributed by atoms with E-state index in [0.29, 0.717) is 91.5 Å². The third kappa shape index (κ3) is 32.0. The molecule has 4 N–H and O–H groups in total. The van der Waals surface area contributed by atoms with Crippen molar-refractivity contribution >= 4 is 115 Å². The van der Waals surface area contributed by atoms with Crippen LogP contribution in [0.5, 0.6) is 17.2 Å². The number of nitrogens with one attached hydrogen (secondary N) is 1. The second kappa shape index (κ2) is 45.9. The molecule has 3 heterocycles. The number of carbonyl (C=O) groups excluding carboxylic acids is 7. The number of alkyl halides is 3. The molecular weight excluding hydrogens is 1670 g/mol. The van der Waals surface area contributed by atoms with Crippen LogP contribution in [0.4, 0.5) is 27.6 Å². The summed E-state index contributed by atoms with van der Waals surface area (Å²) in [5.41, 5.74) is 6.91. The number of hydrogen-bond acceptors (Lipinski definition) is 16. The van der Waals surface area contributed by atoms with Crippen LogP contribution in [0.25, 0.3) is 5.57 Å². The summed E-state index contributed by atoms with van der Waals surface area (Å²) in [5.74, 6) is -0.464. The number of piperidine rings is 2. The molecule has 9 rings (SSSR count). The fourth-order valence-electron chi connectivity index (χ4n) is 12.9. The highest BCUT2D eigenvalue weighted by atomic mass is 35.5. The van der Waals surface area contributed by atoms with Crippen LogP contribution < -0.4 is 9.50 Å². The number of hydrogen-bond donors (Lipinski definition) is 4. The van der Waals surface area contributed by atoms with Gasteiger partial charge in [0.05, 0.1) is 23.3 Å². The number of Topliss-reactive ketones (excluding diaryl/α,β-unsaturated/α-hetero) is 3. The van der Waals surface area contributed by atoms with Gasteiger partial charge >= 0.3 is 33.9 Å². The summed E-state index contributed by atoms with van der Waals surface area (Å²) in [6, 6.07) is 22.2. The number of phenolic OH excluding ortho intramolecular Hbond substituents is 2. The standard InChI is InChI=1S/C22H33ClN2O3.C21H29NO3.C20H30ClNO3.C11H10ClF3O4S.C10H11ClO2.C7H7ClO/c1-7-20(24-15(3)26)18-12-14(2)19(23)13-17(18)16-8-10-25(11-9-16)21(27)28-22(4,5)6;1-7-19(23)18-13-15(3)14(2)12-17(18)16-8-10-22(11-9-16)20(24)25-21(4,5)6;1-6-18(23)16-11-13(2)17(21)12-15(16)14-7-9-22(10-8-14)19(24)25-20(3,4)5;1-3-9(16)7-4-6(2)8(12)5-10(7)19-20(17,18)11(13,14)15;1-3-9(12)7-4-6(2)8(11)5-10(7)13;1-5-2-3-6(9)4-7(5)8/h12-13,16,20H,7-11H2,1-6H3,(H,24,26);8,12-13H,7,9-11H2,1-6H3;11-12,14,18,23H,6-10H2,1-5H3;4-5H,3H2,1-2H3;4-5,13H,3H2,1-2H3;2-4,9H,1H3. The van der Waals surface area contributed by atoms with Gasteiger partial charge in [0.1, 0.15) is 28.3 Å². The molecular formula is C91H120Cl5F3N4O16S. The fraction of sp³-hybridized carbons (Fsp3) is 0.505. The van der Waals surface area contributed by atoms with E-state index in [4.69, 9.17) is 77.3 Å². The molecule has 2 saturated heterocycles. The van der Waals surface area contributed by atoms with Crippen molar-refractivity contribution < 1.29 is 88.9 Å². The lowest BCUT2D eigenvalue weighted by Gasteiger charge is -2.35. The van der Waals surface area contributed by atoms with E-state index in [-0.39, 0.29) is 70.3 Å². The second-order valence-corrected chi connectivity index (χ2v) is 36.5. The number of aliphatic hydroxyl groups is 1. The highest BCUT2D eigenvalue weighted by Crippen LogP contribution is 2.41. The van der Waals surface area contributed by atoms with Gasteiger partial charge in [-0.05, 0) is 288 Å². The Labute approximate surface area is 732 Å². The molecule has 0 bridgehead atoms. The summed E-state index contributed by atoms with van der Waals surface area (Å²) in [7, 11) is -5.86. The van der Waals surface area contributed by atoms with Gasteiger partial charge in [-0.25, -0.2) is 14.4 Å². The molecule has 0 saturated carbocycles. The van der Waals surface area contributed by atoms with Gasteiger partial charge in [-0.2, -0.15) is 21.6 Å². The van der Waals surface area contributed by atoms with Crippen LogP contribution in [0.2, 0.25) is 25.1 Å². The Balaban J connectivity index is 0.000000311. The van der Waals surface area contributed by atoms with Gasteiger partial charge in [0.15, 0.2) is 23.1 Å². The average Bonchev–Trinajstić information content (AvgIpc) is 0.812. The Hall–Kier alpha value is -8.10. The zero-order valence-electron chi connectivity index (χ0n) is 73.1. The van der Waals surface area contributed by atoms with Crippen LogP contribution in [-0.2, 0) is 29.1 Å². The first-order valence-corrected chi connectivity index (χ1v) is 43.4. The lowest BCUT2D eigenvalue weighted by molar-refractivity contribution is -0.119. The molecule has 2 atom stereocenters. The molecule has 662 valence electrons. The molecule has 2 fully saturated rings. The molecule has 20 nitrogen and oxygen atoms in total. The molecule has 0 spiro atoms. The van der Waals surface area contributed by atoms with Crippen molar-refractivity contribution in [1.82, 2.24) is 20.0 Å². The SMILES string of the molecule is CCC(=O)c1cc(C)c(C)cc1C1=CCN(C(=O)OC(C)(C)C)CC1.CCC(=O)c1cc(C)c(Cl)cc1O.CCC(=O)c1cc(C)c(Cl)cc1OS(=O)(=O)C(F)(F)F.CCC(NC(C)=O)c1cc(C)c(Cl)cc1C1CCN(C(=O)OC(C)(C)C)CC1.CCC(O)c1cc(C)c(Cl)cc1C1CCN(C(=O)OC(C)(C)C)CC1.Cc1ccc(O)cc1Cl. The van der Waals surface area contributed by atoms with E-state index in [1.807, 2.05) is 134 Å². The molecule has 4 amide bonds. The van der Waals surface area contributed by atoms with Crippen LogP contribution in [0.3, 0.4) is 0 Å². The van der Waals surface area contributed by atoms with E-state index in [2.05, 4.69) is 35.5 Å². The van der Waals surface area contributed by atoms with Crippen molar-refractivity contribution in [2.24, 2.45) is 0 Å². The van der Waals surface area contributed by atoms with Crippen molar-refractivity contribution in [3.8, 4) is 17.2 Å². The Kier molecular flexibility index (Phi) is 39.8. The average molecular weight is 1790 g/mol. The summed E-state index contributed by atoms with van der Waals surface area (Å²) < 4.78 is 79.2. The second-order valence-electron chi connectivity index (χ2n) is 32.9. The van der Waals surface area contributed by atoms with E-state index in [0.717, 1.165) is 116 Å². The Bertz CT molecular complexity index is 4750. The number of likely N-dealkylation sites (tertiary alicyclic amines) is 2. The molecule has 3 aliphatic heterocycles.